The van der Waals surface area contributed by atoms with E-state index in [4.69, 9.17) is 4.74 Å². The second-order valence-electron chi connectivity index (χ2n) is 6.08. The summed E-state index contributed by atoms with van der Waals surface area (Å²) < 4.78 is 4.93. The highest BCUT2D eigenvalue weighted by atomic mass is 16.5. The Morgan fingerprint density at radius 3 is 2.38 bits per heavy atom. The summed E-state index contributed by atoms with van der Waals surface area (Å²) in [7, 11) is 0. The summed E-state index contributed by atoms with van der Waals surface area (Å²) in [6.45, 7) is 4.04. The Kier molecular flexibility index (Phi) is 5.78. The van der Waals surface area contributed by atoms with E-state index in [1.165, 1.54) is 6.42 Å². The van der Waals surface area contributed by atoms with Gasteiger partial charge in [-0.25, -0.2) is 4.79 Å². The van der Waals surface area contributed by atoms with Gasteiger partial charge in [-0.15, -0.1) is 10.2 Å². The van der Waals surface area contributed by atoms with E-state index in [0.29, 0.717) is 17.9 Å². The van der Waals surface area contributed by atoms with E-state index in [1.807, 2.05) is 6.07 Å². The molecule has 1 aromatic carbocycles. The molecule has 3 rings (SSSR count). The molecule has 7 heteroatoms. The minimum Gasteiger partial charge on any atom is -0.462 e. The van der Waals surface area contributed by atoms with Crippen molar-refractivity contribution in [1.82, 2.24) is 10.2 Å². The van der Waals surface area contributed by atoms with E-state index in [1.54, 1.807) is 37.3 Å². The number of hydrogen-bond acceptors (Lipinski definition) is 6. The minimum atomic E-state index is -0.385. The average Bonchev–Trinajstić information content (AvgIpc) is 2.69. The van der Waals surface area contributed by atoms with Crippen molar-refractivity contribution in [2.45, 2.75) is 26.2 Å². The smallest absolute Gasteiger partial charge is 0.338 e. The van der Waals surface area contributed by atoms with E-state index in [9.17, 15) is 9.59 Å². The first-order valence-electron chi connectivity index (χ1n) is 8.84. The van der Waals surface area contributed by atoms with Crippen LogP contribution < -0.4 is 10.2 Å². The van der Waals surface area contributed by atoms with Crippen LogP contribution in [-0.4, -0.2) is 41.8 Å². The number of carbonyl (C=O) groups is 2. The molecule has 0 spiro atoms. The molecule has 1 saturated heterocycles. The predicted molar refractivity (Wildman–Crippen MR) is 98.4 cm³/mol. The zero-order valence-corrected chi connectivity index (χ0v) is 14.8. The van der Waals surface area contributed by atoms with Gasteiger partial charge in [0.1, 0.15) is 0 Å². The van der Waals surface area contributed by atoms with Gasteiger partial charge in [0.25, 0.3) is 5.91 Å². The first-order chi connectivity index (χ1) is 12.7. The second kappa shape index (κ2) is 8.42. The molecule has 0 bridgehead atoms. The molecule has 1 fully saturated rings. The lowest BCUT2D eigenvalue weighted by Gasteiger charge is -2.27. The van der Waals surface area contributed by atoms with E-state index in [0.717, 1.165) is 31.7 Å². The molecule has 1 N–H and O–H groups in total. The van der Waals surface area contributed by atoms with Crippen LogP contribution in [0.15, 0.2) is 36.4 Å². The minimum absolute atomic E-state index is 0.250. The number of piperidine rings is 1. The normalized spacial score (nSPS) is 14.0. The zero-order valence-electron chi connectivity index (χ0n) is 14.8. The summed E-state index contributed by atoms with van der Waals surface area (Å²) >= 11 is 0. The summed E-state index contributed by atoms with van der Waals surface area (Å²) in [5.41, 5.74) is 1.26. The number of anilines is 2. The molecule has 136 valence electrons. The van der Waals surface area contributed by atoms with Gasteiger partial charge in [0.15, 0.2) is 11.5 Å². The summed E-state index contributed by atoms with van der Waals surface area (Å²) in [4.78, 5) is 26.1. The Morgan fingerprint density at radius 2 is 1.77 bits per heavy atom. The van der Waals surface area contributed by atoms with Crippen LogP contribution in [0.4, 0.5) is 11.5 Å². The van der Waals surface area contributed by atoms with Gasteiger partial charge < -0.3 is 15.0 Å². The number of aromatic nitrogens is 2. The summed E-state index contributed by atoms with van der Waals surface area (Å²) in [5, 5.41) is 11.0. The van der Waals surface area contributed by atoms with Crippen molar-refractivity contribution < 1.29 is 14.3 Å². The maximum atomic E-state index is 12.3. The van der Waals surface area contributed by atoms with Gasteiger partial charge in [0.05, 0.1) is 12.2 Å². The van der Waals surface area contributed by atoms with Gasteiger partial charge in [-0.1, -0.05) is 0 Å². The number of benzene rings is 1. The third kappa shape index (κ3) is 4.36. The largest absolute Gasteiger partial charge is 0.462 e. The van der Waals surface area contributed by atoms with E-state index in [-0.39, 0.29) is 17.6 Å². The van der Waals surface area contributed by atoms with Gasteiger partial charge >= 0.3 is 5.97 Å². The number of hydrogen-bond donors (Lipinski definition) is 1. The summed E-state index contributed by atoms with van der Waals surface area (Å²) in [6.07, 6.45) is 3.57. The fourth-order valence-electron chi connectivity index (χ4n) is 2.84. The standard InChI is InChI=1S/C19H22N4O3/c1-2-26-19(25)14-6-8-15(9-7-14)20-18(24)16-10-11-17(22-21-16)23-12-4-3-5-13-23/h6-11H,2-5,12-13H2,1H3,(H,20,24). The monoisotopic (exact) mass is 354 g/mol. The molecule has 0 aliphatic carbocycles. The van der Waals surface area contributed by atoms with Crippen LogP contribution in [-0.2, 0) is 4.74 Å². The van der Waals surface area contributed by atoms with E-state index >= 15 is 0 Å². The lowest BCUT2D eigenvalue weighted by molar-refractivity contribution is 0.0526. The topological polar surface area (TPSA) is 84.4 Å². The van der Waals surface area contributed by atoms with Gasteiger partial charge in [0, 0.05) is 18.8 Å². The molecule has 0 saturated carbocycles. The Bertz CT molecular complexity index is 753. The summed E-state index contributed by atoms with van der Waals surface area (Å²) in [5.74, 6) is 0.0798. The summed E-state index contributed by atoms with van der Waals surface area (Å²) in [6, 6.07) is 10.0. The first-order valence-corrected chi connectivity index (χ1v) is 8.84. The Labute approximate surface area is 152 Å². The van der Waals surface area contributed by atoms with Crippen LogP contribution in [0.3, 0.4) is 0 Å². The van der Waals surface area contributed by atoms with Crippen molar-refractivity contribution in [1.29, 1.82) is 0 Å². The van der Waals surface area contributed by atoms with Crippen LogP contribution in [0.1, 0.15) is 47.0 Å². The number of ether oxygens (including phenoxy) is 1. The maximum Gasteiger partial charge on any atom is 0.338 e. The fraction of sp³-hybridized carbons (Fsp3) is 0.368. The van der Waals surface area contributed by atoms with E-state index in [2.05, 4.69) is 20.4 Å². The third-order valence-corrected chi connectivity index (χ3v) is 4.22. The highest BCUT2D eigenvalue weighted by Crippen LogP contribution is 2.17. The Morgan fingerprint density at radius 1 is 1.04 bits per heavy atom. The molecule has 2 heterocycles. The van der Waals surface area contributed by atoms with E-state index < -0.39 is 0 Å². The number of carbonyl (C=O) groups excluding carboxylic acids is 2. The lowest BCUT2D eigenvalue weighted by atomic mass is 10.1. The maximum absolute atomic E-state index is 12.3. The molecular weight excluding hydrogens is 332 g/mol. The van der Waals surface area contributed by atoms with Gasteiger partial charge in [-0.2, -0.15) is 0 Å². The number of esters is 1. The van der Waals surface area contributed by atoms with Gasteiger partial charge in [0.2, 0.25) is 0 Å². The molecule has 1 aliphatic heterocycles. The molecular formula is C19H22N4O3. The quantitative estimate of drug-likeness (QED) is 0.831. The molecule has 1 amide bonds. The van der Waals surface area contributed by atoms with Gasteiger partial charge in [-0.3, -0.25) is 4.79 Å². The molecule has 2 aromatic rings. The zero-order chi connectivity index (χ0) is 18.4. The Balaban J connectivity index is 1.61. The van der Waals surface area contributed by atoms with Crippen molar-refractivity contribution >= 4 is 23.4 Å². The molecule has 26 heavy (non-hydrogen) atoms. The van der Waals surface area contributed by atoms with Crippen LogP contribution in [0.25, 0.3) is 0 Å². The number of nitrogens with zero attached hydrogens (tertiary/aromatic N) is 3. The average molecular weight is 354 g/mol. The van der Waals surface area contributed by atoms with Crippen LogP contribution in [0.5, 0.6) is 0 Å². The van der Waals surface area contributed by atoms with Crippen LogP contribution >= 0.6 is 0 Å². The van der Waals surface area contributed by atoms with Gasteiger partial charge in [-0.05, 0) is 62.6 Å². The molecule has 0 atom stereocenters. The number of rotatable bonds is 5. The lowest BCUT2D eigenvalue weighted by Crippen LogP contribution is -2.30. The third-order valence-electron chi connectivity index (χ3n) is 4.22. The second-order valence-corrected chi connectivity index (χ2v) is 6.08. The molecule has 7 nitrogen and oxygen atoms in total. The molecule has 0 radical (unpaired) electrons. The van der Waals surface area contributed by atoms with Crippen molar-refractivity contribution in [3.63, 3.8) is 0 Å². The van der Waals surface area contributed by atoms with Crippen LogP contribution in [0, 0.1) is 0 Å². The van der Waals surface area contributed by atoms with Crippen LogP contribution in [0.2, 0.25) is 0 Å². The first kappa shape index (κ1) is 17.8. The molecule has 1 aromatic heterocycles. The van der Waals surface area contributed by atoms with Crippen molar-refractivity contribution in [2.75, 3.05) is 29.9 Å². The Hall–Kier alpha value is -2.96. The predicted octanol–water partition coefficient (Wildman–Crippen LogP) is 2.90. The number of nitrogens with one attached hydrogen (secondary N) is 1. The number of amides is 1. The van der Waals surface area contributed by atoms with Crippen molar-refractivity contribution in [3.8, 4) is 0 Å². The molecule has 1 aliphatic rings. The van der Waals surface area contributed by atoms with Crippen molar-refractivity contribution in [3.05, 3.63) is 47.7 Å². The highest BCUT2D eigenvalue weighted by Gasteiger charge is 2.14. The van der Waals surface area contributed by atoms with Crippen molar-refractivity contribution in [2.24, 2.45) is 0 Å². The molecule has 0 unspecified atom stereocenters. The fourth-order valence-corrected chi connectivity index (χ4v) is 2.84. The SMILES string of the molecule is CCOC(=O)c1ccc(NC(=O)c2ccc(N3CCCCC3)nn2)cc1. The highest BCUT2D eigenvalue weighted by molar-refractivity contribution is 6.03.